The predicted molar refractivity (Wildman–Crippen MR) is 60.5 cm³/mol. The maximum absolute atomic E-state index is 10.5. The molecule has 0 saturated heterocycles. The van der Waals surface area contributed by atoms with Crippen LogP contribution in [-0.2, 0) is 6.61 Å². The standard InChI is InChI=1S/C12H10O2S/c13-7-10-2-1-3-12(6-10)14-8-11-4-5-15-9-11/h1-7,9H,8H2. The number of aldehydes is 1. The molecule has 2 nitrogen and oxygen atoms in total. The summed E-state index contributed by atoms with van der Waals surface area (Å²) in [6.07, 6.45) is 0.817. The summed E-state index contributed by atoms with van der Waals surface area (Å²) in [5, 5.41) is 4.06. The summed E-state index contributed by atoms with van der Waals surface area (Å²) in [6, 6.07) is 9.17. The zero-order valence-corrected chi connectivity index (χ0v) is 8.87. The third kappa shape index (κ3) is 2.67. The maximum atomic E-state index is 10.5. The Kier molecular flexibility index (Phi) is 3.15. The molecule has 3 heteroatoms. The Hall–Kier alpha value is -1.61. The topological polar surface area (TPSA) is 26.3 Å². The van der Waals surface area contributed by atoms with E-state index >= 15 is 0 Å². The van der Waals surface area contributed by atoms with E-state index in [4.69, 9.17) is 4.74 Å². The molecule has 0 aliphatic carbocycles. The molecule has 15 heavy (non-hydrogen) atoms. The van der Waals surface area contributed by atoms with E-state index in [0.717, 1.165) is 17.6 Å². The van der Waals surface area contributed by atoms with Crippen LogP contribution in [0.25, 0.3) is 0 Å². The van der Waals surface area contributed by atoms with Gasteiger partial charge in [-0.25, -0.2) is 0 Å². The van der Waals surface area contributed by atoms with Crippen molar-refractivity contribution in [3.63, 3.8) is 0 Å². The Morgan fingerprint density at radius 1 is 1.33 bits per heavy atom. The molecule has 2 rings (SSSR count). The van der Waals surface area contributed by atoms with Crippen LogP contribution >= 0.6 is 11.3 Å². The van der Waals surface area contributed by atoms with Gasteiger partial charge in [0.25, 0.3) is 0 Å². The summed E-state index contributed by atoms with van der Waals surface area (Å²) >= 11 is 1.65. The highest BCUT2D eigenvalue weighted by molar-refractivity contribution is 7.07. The van der Waals surface area contributed by atoms with E-state index in [9.17, 15) is 4.79 Å². The highest BCUT2D eigenvalue weighted by Gasteiger charge is 1.97. The predicted octanol–water partition coefficient (Wildman–Crippen LogP) is 3.14. The monoisotopic (exact) mass is 218 g/mol. The van der Waals surface area contributed by atoms with Crippen molar-refractivity contribution in [2.75, 3.05) is 0 Å². The molecule has 0 aliphatic heterocycles. The number of carbonyl (C=O) groups excluding carboxylic acids is 1. The van der Waals surface area contributed by atoms with Gasteiger partial charge in [0, 0.05) is 5.56 Å². The molecule has 0 radical (unpaired) electrons. The van der Waals surface area contributed by atoms with Crippen molar-refractivity contribution in [1.29, 1.82) is 0 Å². The number of hydrogen-bond acceptors (Lipinski definition) is 3. The summed E-state index contributed by atoms with van der Waals surface area (Å²) in [7, 11) is 0. The van der Waals surface area contributed by atoms with E-state index in [1.54, 1.807) is 23.5 Å². The number of benzene rings is 1. The molecule has 0 fully saturated rings. The van der Waals surface area contributed by atoms with E-state index in [2.05, 4.69) is 0 Å². The van der Waals surface area contributed by atoms with E-state index in [-0.39, 0.29) is 0 Å². The molecular weight excluding hydrogens is 208 g/mol. The number of ether oxygens (including phenoxy) is 1. The van der Waals surface area contributed by atoms with Gasteiger partial charge in [0.15, 0.2) is 0 Å². The molecular formula is C12H10O2S. The first kappa shape index (κ1) is 9.93. The molecule has 0 aliphatic rings. The van der Waals surface area contributed by atoms with Crippen LogP contribution in [0.5, 0.6) is 5.75 Å². The Morgan fingerprint density at radius 3 is 3.00 bits per heavy atom. The van der Waals surface area contributed by atoms with Crippen LogP contribution in [0.3, 0.4) is 0 Å². The van der Waals surface area contributed by atoms with Crippen molar-refractivity contribution in [1.82, 2.24) is 0 Å². The lowest BCUT2D eigenvalue weighted by Crippen LogP contribution is -1.93. The van der Waals surface area contributed by atoms with Gasteiger partial charge in [0.1, 0.15) is 18.6 Å². The molecule has 76 valence electrons. The van der Waals surface area contributed by atoms with Gasteiger partial charge in [-0.1, -0.05) is 12.1 Å². The molecule has 0 unspecified atom stereocenters. The minimum absolute atomic E-state index is 0.547. The van der Waals surface area contributed by atoms with Crippen molar-refractivity contribution in [2.45, 2.75) is 6.61 Å². The van der Waals surface area contributed by atoms with Gasteiger partial charge in [0.2, 0.25) is 0 Å². The SMILES string of the molecule is O=Cc1cccc(OCc2ccsc2)c1. The second kappa shape index (κ2) is 4.75. The second-order valence-electron chi connectivity index (χ2n) is 3.11. The van der Waals surface area contributed by atoms with E-state index in [1.807, 2.05) is 29.0 Å². The number of hydrogen-bond donors (Lipinski definition) is 0. The largest absolute Gasteiger partial charge is 0.489 e. The maximum Gasteiger partial charge on any atom is 0.150 e. The second-order valence-corrected chi connectivity index (χ2v) is 3.89. The minimum atomic E-state index is 0.547. The first-order valence-corrected chi connectivity index (χ1v) is 5.52. The first-order chi connectivity index (χ1) is 7.38. The lowest BCUT2D eigenvalue weighted by atomic mass is 10.2. The van der Waals surface area contributed by atoms with Crippen LogP contribution in [0.4, 0.5) is 0 Å². The molecule has 1 heterocycles. The summed E-state index contributed by atoms with van der Waals surface area (Å²) in [4.78, 5) is 10.5. The average molecular weight is 218 g/mol. The highest BCUT2D eigenvalue weighted by Crippen LogP contribution is 2.15. The minimum Gasteiger partial charge on any atom is -0.489 e. The van der Waals surface area contributed by atoms with Gasteiger partial charge in [-0.2, -0.15) is 11.3 Å². The fourth-order valence-corrected chi connectivity index (χ4v) is 1.87. The zero-order valence-electron chi connectivity index (χ0n) is 8.05. The zero-order chi connectivity index (χ0) is 10.5. The van der Waals surface area contributed by atoms with Crippen LogP contribution in [0.2, 0.25) is 0 Å². The average Bonchev–Trinajstić information content (AvgIpc) is 2.79. The fraction of sp³-hybridized carbons (Fsp3) is 0.0833. The van der Waals surface area contributed by atoms with Crippen molar-refractivity contribution in [2.24, 2.45) is 0 Å². The van der Waals surface area contributed by atoms with Crippen LogP contribution in [0.15, 0.2) is 41.1 Å². The molecule has 0 N–H and O–H groups in total. The molecule has 0 saturated carbocycles. The van der Waals surface area contributed by atoms with Gasteiger partial charge in [-0.15, -0.1) is 0 Å². The summed E-state index contributed by atoms with van der Waals surface area (Å²) in [5.41, 5.74) is 1.79. The smallest absolute Gasteiger partial charge is 0.150 e. The quantitative estimate of drug-likeness (QED) is 0.737. The van der Waals surface area contributed by atoms with Crippen LogP contribution < -0.4 is 4.74 Å². The Bertz CT molecular complexity index is 435. The Labute approximate surface area is 92.1 Å². The summed E-state index contributed by atoms with van der Waals surface area (Å²) in [5.74, 6) is 0.728. The van der Waals surface area contributed by atoms with Gasteiger partial charge < -0.3 is 4.74 Å². The van der Waals surface area contributed by atoms with Crippen molar-refractivity contribution >= 4 is 17.6 Å². The normalized spacial score (nSPS) is 9.87. The van der Waals surface area contributed by atoms with E-state index < -0.39 is 0 Å². The van der Waals surface area contributed by atoms with Crippen molar-refractivity contribution < 1.29 is 9.53 Å². The summed E-state index contributed by atoms with van der Waals surface area (Å²) < 4.78 is 5.54. The van der Waals surface area contributed by atoms with Gasteiger partial charge in [-0.3, -0.25) is 4.79 Å². The van der Waals surface area contributed by atoms with Gasteiger partial charge >= 0.3 is 0 Å². The lowest BCUT2D eigenvalue weighted by Gasteiger charge is -2.04. The third-order valence-electron chi connectivity index (χ3n) is 1.98. The molecule has 1 aromatic carbocycles. The number of carbonyl (C=O) groups is 1. The molecule has 1 aromatic heterocycles. The van der Waals surface area contributed by atoms with Crippen LogP contribution in [0.1, 0.15) is 15.9 Å². The molecule has 2 aromatic rings. The lowest BCUT2D eigenvalue weighted by molar-refractivity contribution is 0.112. The third-order valence-corrected chi connectivity index (χ3v) is 2.71. The van der Waals surface area contributed by atoms with Gasteiger partial charge in [0.05, 0.1) is 0 Å². The van der Waals surface area contributed by atoms with Gasteiger partial charge in [-0.05, 0) is 34.5 Å². The summed E-state index contributed by atoms with van der Waals surface area (Å²) in [6.45, 7) is 0.547. The van der Waals surface area contributed by atoms with Crippen molar-refractivity contribution in [3.05, 3.63) is 52.2 Å². The molecule has 0 spiro atoms. The molecule has 0 bridgehead atoms. The fourth-order valence-electron chi connectivity index (χ4n) is 1.22. The van der Waals surface area contributed by atoms with Crippen LogP contribution in [0, 0.1) is 0 Å². The van der Waals surface area contributed by atoms with E-state index in [1.165, 1.54) is 0 Å². The van der Waals surface area contributed by atoms with E-state index in [0.29, 0.717) is 12.2 Å². The molecule has 0 amide bonds. The Morgan fingerprint density at radius 2 is 2.27 bits per heavy atom. The molecule has 0 atom stereocenters. The highest BCUT2D eigenvalue weighted by atomic mass is 32.1. The first-order valence-electron chi connectivity index (χ1n) is 4.57. The Balaban J connectivity index is 2.01. The van der Waals surface area contributed by atoms with Crippen LogP contribution in [-0.4, -0.2) is 6.29 Å². The number of rotatable bonds is 4. The number of thiophene rings is 1. The van der Waals surface area contributed by atoms with Crippen molar-refractivity contribution in [3.8, 4) is 5.75 Å².